The van der Waals surface area contributed by atoms with Crippen molar-refractivity contribution in [3.8, 4) is 0 Å². The highest BCUT2D eigenvalue weighted by Gasteiger charge is 2.09. The van der Waals surface area contributed by atoms with Crippen LogP contribution in [0.1, 0.15) is 19.8 Å². The van der Waals surface area contributed by atoms with Gasteiger partial charge >= 0.3 is 0 Å². The van der Waals surface area contributed by atoms with E-state index in [1.54, 1.807) is 12.4 Å². The van der Waals surface area contributed by atoms with Crippen LogP contribution in [0, 0.1) is 0 Å². The van der Waals surface area contributed by atoms with Gasteiger partial charge in [-0.3, -0.25) is 0 Å². The number of rotatable bonds is 3. The first-order valence-corrected chi connectivity index (χ1v) is 5.37. The lowest BCUT2D eigenvalue weighted by atomic mass is 10.3. The van der Waals surface area contributed by atoms with E-state index in [1.807, 2.05) is 4.68 Å². The number of unbranched alkanes of at least 4 members (excludes halogenated alkanes) is 1. The number of nitrogen functional groups attached to an aromatic ring is 1. The van der Waals surface area contributed by atoms with Gasteiger partial charge in [0.05, 0.1) is 28.5 Å². The van der Waals surface area contributed by atoms with Crippen LogP contribution in [0.3, 0.4) is 0 Å². The molecule has 0 spiro atoms. The minimum absolute atomic E-state index is 0.499. The Kier molecular flexibility index (Phi) is 2.77. The molecule has 80 valence electrons. The number of anilines is 1. The number of nitrogens with zero attached hydrogens (tertiary/aromatic N) is 3. The maximum absolute atomic E-state index is 6.06. The standard InChI is InChI=1S/C10H13ClN4/c1-2-3-4-15-10-7(5-14-15)9(11)8(12)6-13-10/h5-6H,2-4,12H2,1H3. The number of hydrogen-bond donors (Lipinski definition) is 1. The van der Waals surface area contributed by atoms with Crippen molar-refractivity contribution in [1.29, 1.82) is 0 Å². The minimum Gasteiger partial charge on any atom is -0.396 e. The third kappa shape index (κ3) is 1.77. The van der Waals surface area contributed by atoms with Gasteiger partial charge in [0.1, 0.15) is 0 Å². The SMILES string of the molecule is CCCCn1ncc2c(Cl)c(N)cnc21. The fourth-order valence-electron chi connectivity index (χ4n) is 1.48. The van der Waals surface area contributed by atoms with Gasteiger partial charge in [0.15, 0.2) is 5.65 Å². The monoisotopic (exact) mass is 224 g/mol. The lowest BCUT2D eigenvalue weighted by Crippen LogP contribution is -2.01. The van der Waals surface area contributed by atoms with E-state index in [-0.39, 0.29) is 0 Å². The molecule has 0 aromatic carbocycles. The molecule has 2 heterocycles. The van der Waals surface area contributed by atoms with E-state index in [0.717, 1.165) is 30.4 Å². The first kappa shape index (κ1) is 10.2. The molecule has 4 nitrogen and oxygen atoms in total. The van der Waals surface area contributed by atoms with E-state index in [4.69, 9.17) is 17.3 Å². The Morgan fingerprint density at radius 3 is 3.00 bits per heavy atom. The van der Waals surface area contributed by atoms with Crippen LogP contribution in [0.25, 0.3) is 11.0 Å². The Balaban J connectivity index is 2.47. The van der Waals surface area contributed by atoms with E-state index in [1.165, 1.54) is 0 Å². The van der Waals surface area contributed by atoms with Gasteiger partial charge in [0.2, 0.25) is 0 Å². The largest absolute Gasteiger partial charge is 0.396 e. The summed E-state index contributed by atoms with van der Waals surface area (Å²) in [6.07, 6.45) is 5.51. The molecule has 2 rings (SSSR count). The lowest BCUT2D eigenvalue weighted by Gasteiger charge is -2.02. The second-order valence-electron chi connectivity index (χ2n) is 3.49. The molecule has 0 aliphatic rings. The number of pyridine rings is 1. The second kappa shape index (κ2) is 4.06. The molecule has 0 fully saturated rings. The maximum atomic E-state index is 6.06. The summed E-state index contributed by atoms with van der Waals surface area (Å²) in [4.78, 5) is 4.25. The van der Waals surface area contributed by atoms with Gasteiger partial charge < -0.3 is 5.73 Å². The highest BCUT2D eigenvalue weighted by Crippen LogP contribution is 2.26. The lowest BCUT2D eigenvalue weighted by molar-refractivity contribution is 0.584. The fourth-order valence-corrected chi connectivity index (χ4v) is 1.67. The third-order valence-corrected chi connectivity index (χ3v) is 2.77. The van der Waals surface area contributed by atoms with E-state index < -0.39 is 0 Å². The fraction of sp³-hybridized carbons (Fsp3) is 0.400. The Bertz CT molecular complexity index is 477. The molecule has 2 N–H and O–H groups in total. The molecular weight excluding hydrogens is 212 g/mol. The molecule has 0 aliphatic carbocycles. The van der Waals surface area contributed by atoms with E-state index in [9.17, 15) is 0 Å². The van der Waals surface area contributed by atoms with Gasteiger partial charge in [-0.1, -0.05) is 24.9 Å². The van der Waals surface area contributed by atoms with Gasteiger partial charge in [-0.05, 0) is 6.42 Å². The van der Waals surface area contributed by atoms with Crippen molar-refractivity contribution in [2.75, 3.05) is 5.73 Å². The highest BCUT2D eigenvalue weighted by molar-refractivity contribution is 6.37. The summed E-state index contributed by atoms with van der Waals surface area (Å²) in [7, 11) is 0. The van der Waals surface area contributed by atoms with Crippen molar-refractivity contribution < 1.29 is 0 Å². The number of halogens is 1. The van der Waals surface area contributed by atoms with Crippen molar-refractivity contribution in [3.05, 3.63) is 17.4 Å². The summed E-state index contributed by atoms with van der Waals surface area (Å²) in [5, 5.41) is 5.62. The second-order valence-corrected chi connectivity index (χ2v) is 3.86. The first-order chi connectivity index (χ1) is 7.24. The predicted octanol–water partition coefficient (Wildman–Crippen LogP) is 2.47. The van der Waals surface area contributed by atoms with E-state index >= 15 is 0 Å². The summed E-state index contributed by atoms with van der Waals surface area (Å²) < 4.78 is 1.87. The Morgan fingerprint density at radius 1 is 1.47 bits per heavy atom. The van der Waals surface area contributed by atoms with Crippen LogP contribution in [0.5, 0.6) is 0 Å². The van der Waals surface area contributed by atoms with Gasteiger partial charge in [-0.25, -0.2) is 9.67 Å². The molecule has 0 aliphatic heterocycles. The molecule has 15 heavy (non-hydrogen) atoms. The number of aryl methyl sites for hydroxylation is 1. The average Bonchev–Trinajstić information content (AvgIpc) is 2.64. The zero-order chi connectivity index (χ0) is 10.8. The average molecular weight is 225 g/mol. The Labute approximate surface area is 93.0 Å². The highest BCUT2D eigenvalue weighted by atomic mass is 35.5. The number of nitrogens with two attached hydrogens (primary N) is 1. The van der Waals surface area contributed by atoms with Crippen LogP contribution in [-0.4, -0.2) is 14.8 Å². The molecule has 2 aromatic heterocycles. The summed E-state index contributed by atoms with van der Waals surface area (Å²) in [6, 6.07) is 0. The molecule has 0 bridgehead atoms. The topological polar surface area (TPSA) is 56.7 Å². The summed E-state index contributed by atoms with van der Waals surface area (Å²) >= 11 is 6.06. The van der Waals surface area contributed by atoms with Crippen molar-refractivity contribution in [1.82, 2.24) is 14.8 Å². The van der Waals surface area contributed by atoms with Gasteiger partial charge in [0.25, 0.3) is 0 Å². The maximum Gasteiger partial charge on any atom is 0.159 e. The molecule has 0 radical (unpaired) electrons. The molecule has 0 saturated carbocycles. The van der Waals surface area contributed by atoms with E-state index in [0.29, 0.717) is 10.7 Å². The van der Waals surface area contributed by atoms with Crippen LogP contribution in [0.4, 0.5) is 5.69 Å². The number of fused-ring (bicyclic) bond motifs is 1. The van der Waals surface area contributed by atoms with Crippen LogP contribution in [-0.2, 0) is 6.54 Å². The van der Waals surface area contributed by atoms with Crippen LogP contribution < -0.4 is 5.73 Å². The Hall–Kier alpha value is -1.29. The summed E-state index contributed by atoms with van der Waals surface area (Å²) in [6.45, 7) is 3.01. The molecular formula is C10H13ClN4. The molecule has 0 amide bonds. The van der Waals surface area contributed by atoms with Crippen molar-refractivity contribution in [2.45, 2.75) is 26.3 Å². The molecule has 0 unspecified atom stereocenters. The molecule has 5 heteroatoms. The Morgan fingerprint density at radius 2 is 2.27 bits per heavy atom. The van der Waals surface area contributed by atoms with Crippen molar-refractivity contribution in [2.24, 2.45) is 0 Å². The van der Waals surface area contributed by atoms with Crippen LogP contribution in [0.2, 0.25) is 5.02 Å². The number of aromatic nitrogens is 3. The quantitative estimate of drug-likeness (QED) is 0.872. The van der Waals surface area contributed by atoms with Crippen molar-refractivity contribution in [3.63, 3.8) is 0 Å². The first-order valence-electron chi connectivity index (χ1n) is 4.99. The van der Waals surface area contributed by atoms with Gasteiger partial charge in [-0.2, -0.15) is 5.10 Å². The van der Waals surface area contributed by atoms with Crippen LogP contribution >= 0.6 is 11.6 Å². The third-order valence-electron chi connectivity index (χ3n) is 2.35. The molecule has 0 saturated heterocycles. The predicted molar refractivity (Wildman–Crippen MR) is 61.9 cm³/mol. The van der Waals surface area contributed by atoms with Crippen molar-refractivity contribution >= 4 is 28.3 Å². The zero-order valence-electron chi connectivity index (χ0n) is 8.57. The van der Waals surface area contributed by atoms with E-state index in [2.05, 4.69) is 17.0 Å². The molecule has 2 aromatic rings. The zero-order valence-corrected chi connectivity index (χ0v) is 9.33. The number of hydrogen-bond acceptors (Lipinski definition) is 3. The summed E-state index contributed by atoms with van der Waals surface area (Å²) in [5.41, 5.74) is 6.97. The summed E-state index contributed by atoms with van der Waals surface area (Å²) in [5.74, 6) is 0. The minimum atomic E-state index is 0.499. The van der Waals surface area contributed by atoms with Gasteiger partial charge in [0, 0.05) is 6.54 Å². The van der Waals surface area contributed by atoms with Gasteiger partial charge in [-0.15, -0.1) is 0 Å². The normalized spacial score (nSPS) is 11.1. The van der Waals surface area contributed by atoms with Crippen LogP contribution in [0.15, 0.2) is 12.4 Å². The molecule has 0 atom stereocenters. The smallest absolute Gasteiger partial charge is 0.159 e.